The lowest BCUT2D eigenvalue weighted by atomic mass is 9.97. The number of hydrogen-bond acceptors (Lipinski definition) is 5. The third-order valence-electron chi connectivity index (χ3n) is 4.91. The van der Waals surface area contributed by atoms with Gasteiger partial charge in [-0.2, -0.15) is 13.2 Å². The predicted molar refractivity (Wildman–Crippen MR) is 115 cm³/mol. The summed E-state index contributed by atoms with van der Waals surface area (Å²) in [5, 5.41) is 2.26. The van der Waals surface area contributed by atoms with Crippen molar-refractivity contribution >= 4 is 23.3 Å². The number of alkyl halides is 3. The van der Waals surface area contributed by atoms with Gasteiger partial charge in [-0.1, -0.05) is 6.07 Å². The van der Waals surface area contributed by atoms with Gasteiger partial charge in [-0.3, -0.25) is 14.4 Å². The third-order valence-corrected chi connectivity index (χ3v) is 4.91. The van der Waals surface area contributed by atoms with Crippen LogP contribution >= 0.6 is 0 Å². The number of carbonyl (C=O) groups excluding carboxylic acids is 3. The summed E-state index contributed by atoms with van der Waals surface area (Å²) in [6, 6.07) is 8.96. The quantitative estimate of drug-likeness (QED) is 0.372. The van der Waals surface area contributed by atoms with E-state index in [9.17, 15) is 31.9 Å². The molecule has 1 aromatic heterocycles. The van der Waals surface area contributed by atoms with Crippen LogP contribution in [-0.2, 0) is 6.18 Å². The number of amides is 2. The average molecular weight is 474 g/mol. The fourth-order valence-corrected chi connectivity index (χ4v) is 3.20. The summed E-state index contributed by atoms with van der Waals surface area (Å²) in [4.78, 5) is 40.1. The van der Waals surface area contributed by atoms with Gasteiger partial charge in [0.2, 0.25) is 5.91 Å². The van der Waals surface area contributed by atoms with Crippen molar-refractivity contribution in [2.45, 2.75) is 13.1 Å². The second-order valence-corrected chi connectivity index (χ2v) is 7.33. The number of Topliss-reactive ketones (excluding diaryl/α,β-unsaturated/α-hetero) is 1. The first-order valence-corrected chi connectivity index (χ1v) is 9.74. The molecular weight excluding hydrogens is 456 g/mol. The molecule has 0 spiro atoms. The zero-order valence-corrected chi connectivity index (χ0v) is 17.7. The van der Waals surface area contributed by atoms with E-state index in [2.05, 4.69) is 10.3 Å². The van der Waals surface area contributed by atoms with Crippen LogP contribution in [0.1, 0.15) is 42.3 Å². The largest absolute Gasteiger partial charge is 0.418 e. The van der Waals surface area contributed by atoms with E-state index in [0.29, 0.717) is 6.07 Å². The molecule has 3 aromatic rings. The number of aromatic nitrogens is 1. The van der Waals surface area contributed by atoms with E-state index in [1.165, 1.54) is 37.3 Å². The smallest absolute Gasteiger partial charge is 0.397 e. The Morgan fingerprint density at radius 3 is 2.18 bits per heavy atom. The Morgan fingerprint density at radius 1 is 1.00 bits per heavy atom. The lowest BCUT2D eigenvalue weighted by Crippen LogP contribution is -2.31. The zero-order valence-electron chi connectivity index (χ0n) is 17.7. The van der Waals surface area contributed by atoms with Gasteiger partial charge in [0.15, 0.2) is 11.5 Å². The number of primary amides is 1. The lowest BCUT2D eigenvalue weighted by molar-refractivity contribution is -0.137. The standard InChI is InChI=1S/C23H18F4N4O3/c1-11-8-13(21(29)33)4-7-15(11)19-16(23(25,26)27)9-17(28)20(31-19)22(34)30-10-18(32)12-2-5-14(24)6-3-12/h2-9H,10,28H2,1H3,(H2,29,33)(H,30,34). The molecule has 0 aliphatic rings. The molecule has 2 amide bonds. The maximum atomic E-state index is 13.7. The molecule has 3 rings (SSSR count). The van der Waals surface area contributed by atoms with E-state index in [-0.39, 0.29) is 22.3 Å². The summed E-state index contributed by atoms with van der Waals surface area (Å²) in [5.41, 5.74) is 8.56. The Bertz CT molecular complexity index is 1290. The monoisotopic (exact) mass is 474 g/mol. The molecule has 0 aliphatic heterocycles. The van der Waals surface area contributed by atoms with Gasteiger partial charge >= 0.3 is 6.18 Å². The number of benzene rings is 2. The highest BCUT2D eigenvalue weighted by molar-refractivity contribution is 6.03. The van der Waals surface area contributed by atoms with Crippen molar-refractivity contribution in [1.29, 1.82) is 0 Å². The van der Waals surface area contributed by atoms with Crippen molar-refractivity contribution in [2.75, 3.05) is 12.3 Å². The van der Waals surface area contributed by atoms with Gasteiger partial charge < -0.3 is 16.8 Å². The van der Waals surface area contributed by atoms with Gasteiger partial charge in [-0.25, -0.2) is 9.37 Å². The molecule has 11 heteroatoms. The number of halogens is 4. The molecule has 5 N–H and O–H groups in total. The van der Waals surface area contributed by atoms with E-state index in [0.717, 1.165) is 12.1 Å². The molecule has 0 radical (unpaired) electrons. The van der Waals surface area contributed by atoms with Gasteiger partial charge in [0, 0.05) is 16.7 Å². The molecule has 34 heavy (non-hydrogen) atoms. The molecule has 0 aliphatic carbocycles. The minimum absolute atomic E-state index is 0.00811. The average Bonchev–Trinajstić information content (AvgIpc) is 2.77. The van der Waals surface area contributed by atoms with Crippen LogP contribution in [0.25, 0.3) is 11.3 Å². The lowest BCUT2D eigenvalue weighted by Gasteiger charge is -2.17. The molecule has 1 heterocycles. The molecule has 0 fully saturated rings. The molecule has 2 aromatic carbocycles. The van der Waals surface area contributed by atoms with E-state index < -0.39 is 58.8 Å². The van der Waals surface area contributed by atoms with Crippen LogP contribution in [0.3, 0.4) is 0 Å². The second-order valence-electron chi connectivity index (χ2n) is 7.33. The SMILES string of the molecule is Cc1cc(C(N)=O)ccc1-c1nc(C(=O)NCC(=O)c2ccc(F)cc2)c(N)cc1C(F)(F)F. The topological polar surface area (TPSA) is 128 Å². The van der Waals surface area contributed by atoms with E-state index >= 15 is 0 Å². The van der Waals surface area contributed by atoms with Gasteiger partial charge in [0.1, 0.15) is 5.82 Å². The first-order valence-electron chi connectivity index (χ1n) is 9.74. The summed E-state index contributed by atoms with van der Waals surface area (Å²) in [5.74, 6) is -2.85. The summed E-state index contributed by atoms with van der Waals surface area (Å²) in [6.07, 6.45) is -4.85. The number of nitrogen functional groups attached to an aromatic ring is 1. The Kier molecular flexibility index (Phi) is 6.66. The number of nitrogens with one attached hydrogen (secondary N) is 1. The molecule has 7 nitrogen and oxygen atoms in total. The predicted octanol–water partition coefficient (Wildman–Crippen LogP) is 3.51. The summed E-state index contributed by atoms with van der Waals surface area (Å²) >= 11 is 0. The van der Waals surface area contributed by atoms with Crippen molar-refractivity contribution in [3.05, 3.63) is 82.3 Å². The van der Waals surface area contributed by atoms with Crippen LogP contribution in [0.15, 0.2) is 48.5 Å². The van der Waals surface area contributed by atoms with Crippen molar-refractivity contribution < 1.29 is 31.9 Å². The summed E-state index contributed by atoms with van der Waals surface area (Å²) in [6.45, 7) is 0.940. The van der Waals surface area contributed by atoms with Crippen LogP contribution in [0.4, 0.5) is 23.2 Å². The number of anilines is 1. The number of nitrogens with two attached hydrogens (primary N) is 2. The highest BCUT2D eigenvalue weighted by Crippen LogP contribution is 2.39. The number of nitrogens with zero attached hydrogens (tertiary/aromatic N) is 1. The minimum atomic E-state index is -4.85. The van der Waals surface area contributed by atoms with Crippen LogP contribution < -0.4 is 16.8 Å². The van der Waals surface area contributed by atoms with E-state index in [4.69, 9.17) is 11.5 Å². The van der Waals surface area contributed by atoms with Gasteiger partial charge in [-0.05, 0) is 55.0 Å². The normalized spacial score (nSPS) is 11.2. The number of ketones is 1. The molecule has 0 saturated carbocycles. The first-order chi connectivity index (χ1) is 15.9. The van der Waals surface area contributed by atoms with E-state index in [1.54, 1.807) is 0 Å². The molecular formula is C23H18F4N4O3. The Balaban J connectivity index is 1.97. The Labute approximate surface area is 190 Å². The fraction of sp³-hybridized carbons (Fsp3) is 0.130. The zero-order chi connectivity index (χ0) is 25.2. The Hall–Kier alpha value is -4.28. The number of hydrogen-bond donors (Lipinski definition) is 3. The summed E-state index contributed by atoms with van der Waals surface area (Å²) in [7, 11) is 0. The first kappa shape index (κ1) is 24.4. The maximum absolute atomic E-state index is 13.7. The molecule has 0 saturated heterocycles. The summed E-state index contributed by atoms with van der Waals surface area (Å²) < 4.78 is 54.2. The number of pyridine rings is 1. The molecule has 0 atom stereocenters. The number of rotatable bonds is 6. The van der Waals surface area contributed by atoms with Gasteiger partial charge in [0.25, 0.3) is 5.91 Å². The van der Waals surface area contributed by atoms with Crippen LogP contribution in [0, 0.1) is 12.7 Å². The highest BCUT2D eigenvalue weighted by Gasteiger charge is 2.36. The molecule has 0 unspecified atom stereocenters. The van der Waals surface area contributed by atoms with E-state index in [1.807, 2.05) is 0 Å². The van der Waals surface area contributed by atoms with Crippen LogP contribution in [0.5, 0.6) is 0 Å². The highest BCUT2D eigenvalue weighted by atomic mass is 19.4. The van der Waals surface area contributed by atoms with Crippen molar-refractivity contribution in [1.82, 2.24) is 10.3 Å². The number of aryl methyl sites for hydroxylation is 1. The molecule has 176 valence electrons. The minimum Gasteiger partial charge on any atom is -0.397 e. The van der Waals surface area contributed by atoms with Crippen molar-refractivity contribution in [2.24, 2.45) is 5.73 Å². The van der Waals surface area contributed by atoms with Crippen LogP contribution in [-0.4, -0.2) is 29.1 Å². The third kappa shape index (κ3) is 5.20. The Morgan fingerprint density at radius 2 is 1.62 bits per heavy atom. The van der Waals surface area contributed by atoms with Gasteiger partial charge in [-0.15, -0.1) is 0 Å². The molecule has 0 bridgehead atoms. The maximum Gasteiger partial charge on any atom is 0.418 e. The van der Waals surface area contributed by atoms with Crippen LogP contribution in [0.2, 0.25) is 0 Å². The fourth-order valence-electron chi connectivity index (χ4n) is 3.20. The van der Waals surface area contributed by atoms with Crippen molar-refractivity contribution in [3.63, 3.8) is 0 Å². The van der Waals surface area contributed by atoms with Gasteiger partial charge in [0.05, 0.1) is 23.5 Å². The number of carbonyl (C=O) groups is 3. The second kappa shape index (κ2) is 9.30. The van der Waals surface area contributed by atoms with Crippen molar-refractivity contribution in [3.8, 4) is 11.3 Å².